The molecule has 2 N–H and O–H groups in total. The number of aromatic hydroxyl groups is 1. The van der Waals surface area contributed by atoms with Crippen molar-refractivity contribution < 1.29 is 14.6 Å². The van der Waals surface area contributed by atoms with Crippen molar-refractivity contribution in [1.29, 1.82) is 0 Å². The summed E-state index contributed by atoms with van der Waals surface area (Å²) in [6, 6.07) is 19.6. The Kier molecular flexibility index (Phi) is 5.05. The van der Waals surface area contributed by atoms with Gasteiger partial charge in [-0.2, -0.15) is 0 Å². The molecule has 0 radical (unpaired) electrons. The number of ether oxygens (including phenoxy) is 1. The fraction of sp³-hybridized carbons (Fsp3) is 0.0500. The molecule has 4 nitrogen and oxygen atoms in total. The van der Waals surface area contributed by atoms with Crippen molar-refractivity contribution in [2.24, 2.45) is 0 Å². The molecule has 3 aromatic rings. The molecule has 0 spiro atoms. The van der Waals surface area contributed by atoms with Gasteiger partial charge in [-0.15, -0.1) is 0 Å². The zero-order chi connectivity index (χ0) is 17.8. The maximum Gasteiger partial charge on any atom is 0.255 e. The number of phenols is 1. The van der Waals surface area contributed by atoms with Gasteiger partial charge in [0, 0.05) is 11.3 Å². The number of carbonyl (C=O) groups is 1. The number of anilines is 1. The summed E-state index contributed by atoms with van der Waals surface area (Å²) < 4.78 is 5.95. The van der Waals surface area contributed by atoms with Gasteiger partial charge in [-0.1, -0.05) is 24.3 Å². The molecule has 0 saturated heterocycles. The fourth-order valence-electron chi connectivity index (χ4n) is 2.42. The van der Waals surface area contributed by atoms with Gasteiger partial charge in [-0.3, -0.25) is 4.79 Å². The van der Waals surface area contributed by atoms with E-state index in [1.807, 2.05) is 24.3 Å². The van der Waals surface area contributed by atoms with Crippen molar-refractivity contribution >= 4 is 27.5 Å². The Morgan fingerprint density at radius 1 is 0.960 bits per heavy atom. The number of halogens is 1. The lowest BCUT2D eigenvalue weighted by Gasteiger charge is -2.09. The van der Waals surface area contributed by atoms with E-state index in [4.69, 9.17) is 4.74 Å². The molecular weight excluding hydrogens is 382 g/mol. The number of phenolic OH excluding ortho intramolecular Hbond substituents is 1. The smallest absolute Gasteiger partial charge is 0.255 e. The summed E-state index contributed by atoms with van der Waals surface area (Å²) in [5.41, 5.74) is 3.20. The van der Waals surface area contributed by atoms with Crippen LogP contribution in [0.25, 0.3) is 11.1 Å². The average molecular weight is 398 g/mol. The Bertz CT molecular complexity index is 890. The third-order valence-corrected chi connectivity index (χ3v) is 4.38. The predicted molar refractivity (Wildman–Crippen MR) is 102 cm³/mol. The van der Waals surface area contributed by atoms with E-state index in [2.05, 4.69) is 21.2 Å². The monoisotopic (exact) mass is 397 g/mol. The van der Waals surface area contributed by atoms with E-state index in [1.165, 1.54) is 0 Å². The lowest BCUT2D eigenvalue weighted by Crippen LogP contribution is -2.11. The van der Waals surface area contributed by atoms with E-state index in [1.54, 1.807) is 49.6 Å². The largest absolute Gasteiger partial charge is 0.508 e. The topological polar surface area (TPSA) is 58.6 Å². The van der Waals surface area contributed by atoms with E-state index in [0.717, 1.165) is 15.6 Å². The maximum atomic E-state index is 12.4. The summed E-state index contributed by atoms with van der Waals surface area (Å²) in [7, 11) is 1.59. The molecule has 0 heterocycles. The van der Waals surface area contributed by atoms with E-state index < -0.39 is 0 Å². The number of hydrogen-bond donors (Lipinski definition) is 2. The van der Waals surface area contributed by atoms with Crippen LogP contribution in [0.3, 0.4) is 0 Å². The summed E-state index contributed by atoms with van der Waals surface area (Å²) in [5, 5.41) is 12.2. The summed E-state index contributed by atoms with van der Waals surface area (Å²) >= 11 is 3.40. The molecule has 0 aliphatic rings. The SMILES string of the molecule is COc1ccc(NC(=O)c2ccc(-c3ccc(O)cc3)cc2)cc1Br. The number of methoxy groups -OCH3 is 1. The van der Waals surface area contributed by atoms with Crippen molar-refractivity contribution in [3.05, 3.63) is 76.8 Å². The lowest BCUT2D eigenvalue weighted by molar-refractivity contribution is 0.102. The minimum Gasteiger partial charge on any atom is -0.508 e. The molecule has 1 amide bonds. The van der Waals surface area contributed by atoms with E-state index in [9.17, 15) is 9.90 Å². The highest BCUT2D eigenvalue weighted by molar-refractivity contribution is 9.10. The molecule has 126 valence electrons. The molecule has 0 aliphatic carbocycles. The minimum atomic E-state index is -0.186. The first-order valence-electron chi connectivity index (χ1n) is 7.61. The zero-order valence-corrected chi connectivity index (χ0v) is 15.1. The molecular formula is C20H16BrNO3. The van der Waals surface area contributed by atoms with E-state index in [0.29, 0.717) is 17.0 Å². The average Bonchev–Trinajstić information content (AvgIpc) is 2.63. The summed E-state index contributed by atoms with van der Waals surface area (Å²) in [4.78, 5) is 12.4. The first-order valence-corrected chi connectivity index (χ1v) is 8.40. The number of nitrogens with one attached hydrogen (secondary N) is 1. The Balaban J connectivity index is 1.74. The van der Waals surface area contributed by atoms with Crippen LogP contribution in [-0.2, 0) is 0 Å². The third kappa shape index (κ3) is 4.00. The second kappa shape index (κ2) is 7.40. The van der Waals surface area contributed by atoms with Gasteiger partial charge >= 0.3 is 0 Å². The van der Waals surface area contributed by atoms with Gasteiger partial charge in [0.05, 0.1) is 11.6 Å². The van der Waals surface area contributed by atoms with E-state index in [-0.39, 0.29) is 11.7 Å². The Morgan fingerprint density at radius 2 is 1.56 bits per heavy atom. The molecule has 25 heavy (non-hydrogen) atoms. The van der Waals surface area contributed by atoms with E-state index >= 15 is 0 Å². The van der Waals surface area contributed by atoms with Crippen molar-refractivity contribution in [2.45, 2.75) is 0 Å². The number of carbonyl (C=O) groups excluding carboxylic acids is 1. The zero-order valence-electron chi connectivity index (χ0n) is 13.5. The standard InChI is InChI=1S/C20H16BrNO3/c1-25-19-11-8-16(12-18(19)21)22-20(24)15-4-2-13(3-5-15)14-6-9-17(23)10-7-14/h2-12,23H,1H3,(H,22,24). The molecule has 0 aliphatic heterocycles. The second-order valence-corrected chi connectivity index (χ2v) is 6.28. The van der Waals surface area contributed by atoms with Gasteiger partial charge in [0.25, 0.3) is 5.91 Å². The molecule has 3 rings (SSSR count). The molecule has 5 heteroatoms. The molecule has 0 aromatic heterocycles. The van der Waals surface area contributed by atoms with Gasteiger partial charge in [0.1, 0.15) is 11.5 Å². The van der Waals surface area contributed by atoms with Crippen molar-refractivity contribution in [1.82, 2.24) is 0 Å². The highest BCUT2D eigenvalue weighted by atomic mass is 79.9. The second-order valence-electron chi connectivity index (χ2n) is 5.43. The van der Waals surface area contributed by atoms with Gasteiger partial charge in [-0.25, -0.2) is 0 Å². The quantitative estimate of drug-likeness (QED) is 0.644. The van der Waals surface area contributed by atoms with Gasteiger partial charge in [0.15, 0.2) is 0 Å². The van der Waals surface area contributed by atoms with Crippen LogP contribution in [-0.4, -0.2) is 18.1 Å². The van der Waals surface area contributed by atoms with Crippen LogP contribution >= 0.6 is 15.9 Å². The van der Waals surface area contributed by atoms with Crippen LogP contribution in [0.5, 0.6) is 11.5 Å². The number of amides is 1. The van der Waals surface area contributed by atoms with Crippen LogP contribution in [0.1, 0.15) is 10.4 Å². The Morgan fingerprint density at radius 3 is 2.12 bits per heavy atom. The molecule has 0 unspecified atom stereocenters. The Hall–Kier alpha value is -2.79. The number of hydrogen-bond acceptors (Lipinski definition) is 3. The highest BCUT2D eigenvalue weighted by Gasteiger charge is 2.08. The van der Waals surface area contributed by atoms with Gasteiger partial charge < -0.3 is 15.2 Å². The molecule has 0 bridgehead atoms. The first kappa shape index (κ1) is 17.0. The van der Waals surface area contributed by atoms with Gasteiger partial charge in [-0.05, 0) is 69.5 Å². The Labute approximate surface area is 154 Å². The number of benzene rings is 3. The molecule has 0 fully saturated rings. The van der Waals surface area contributed by atoms with Crippen LogP contribution in [0.15, 0.2) is 71.2 Å². The van der Waals surface area contributed by atoms with Crippen LogP contribution < -0.4 is 10.1 Å². The maximum absolute atomic E-state index is 12.4. The summed E-state index contributed by atoms with van der Waals surface area (Å²) in [6.45, 7) is 0. The lowest BCUT2D eigenvalue weighted by atomic mass is 10.0. The van der Waals surface area contributed by atoms with Crippen LogP contribution in [0, 0.1) is 0 Å². The third-order valence-electron chi connectivity index (χ3n) is 3.76. The fourth-order valence-corrected chi connectivity index (χ4v) is 2.96. The van der Waals surface area contributed by atoms with Gasteiger partial charge in [0.2, 0.25) is 0 Å². The van der Waals surface area contributed by atoms with Crippen molar-refractivity contribution in [2.75, 3.05) is 12.4 Å². The highest BCUT2D eigenvalue weighted by Crippen LogP contribution is 2.28. The normalized spacial score (nSPS) is 10.3. The molecule has 0 atom stereocenters. The molecule has 0 saturated carbocycles. The minimum absolute atomic E-state index is 0.186. The number of rotatable bonds is 4. The predicted octanol–water partition coefficient (Wildman–Crippen LogP) is 5.08. The first-order chi connectivity index (χ1) is 12.1. The van der Waals surface area contributed by atoms with Crippen molar-refractivity contribution in [3.8, 4) is 22.6 Å². The van der Waals surface area contributed by atoms with Crippen LogP contribution in [0.4, 0.5) is 5.69 Å². The summed E-state index contributed by atoms with van der Waals surface area (Å²) in [6.07, 6.45) is 0. The summed E-state index contributed by atoms with van der Waals surface area (Å²) in [5.74, 6) is 0.746. The van der Waals surface area contributed by atoms with Crippen LogP contribution in [0.2, 0.25) is 0 Å². The molecule has 3 aromatic carbocycles. The van der Waals surface area contributed by atoms with Crippen molar-refractivity contribution in [3.63, 3.8) is 0 Å².